The number of nitrogens with zero attached hydrogens (tertiary/aromatic N) is 1. The average Bonchev–Trinajstić information content (AvgIpc) is 2.49. The van der Waals surface area contributed by atoms with Gasteiger partial charge in [0.2, 0.25) is 0 Å². The van der Waals surface area contributed by atoms with Gasteiger partial charge in [0.25, 0.3) is 0 Å². The summed E-state index contributed by atoms with van der Waals surface area (Å²) >= 11 is 1.56. The Morgan fingerprint density at radius 1 is 1.42 bits per heavy atom. The van der Waals surface area contributed by atoms with Crippen molar-refractivity contribution in [3.8, 4) is 0 Å². The quantitative estimate of drug-likeness (QED) is 0.513. The van der Waals surface area contributed by atoms with Crippen LogP contribution < -0.4 is 5.73 Å². The summed E-state index contributed by atoms with van der Waals surface area (Å²) in [6.45, 7) is 0. The van der Waals surface area contributed by atoms with Gasteiger partial charge in [-0.1, -0.05) is 0 Å². The number of thiophene rings is 1. The Balaban J connectivity index is 2.68. The maximum atomic E-state index is 7.18. The van der Waals surface area contributed by atoms with Crippen molar-refractivity contribution in [1.82, 2.24) is 4.98 Å². The molecule has 0 aliphatic rings. The van der Waals surface area contributed by atoms with E-state index in [0.29, 0.717) is 5.69 Å². The molecular weight excluding hydrogens is 170 g/mol. The molecule has 12 heavy (non-hydrogen) atoms. The zero-order valence-corrected chi connectivity index (χ0v) is 7.06. The Labute approximate surface area is 73.4 Å². The minimum Gasteiger partial charge on any atom is -0.382 e. The molecule has 0 saturated heterocycles. The van der Waals surface area contributed by atoms with Gasteiger partial charge >= 0.3 is 0 Å². The predicted octanol–water partition coefficient (Wildman–Crippen LogP) is 1.58. The van der Waals surface area contributed by atoms with Crippen LogP contribution >= 0.6 is 11.3 Å². The van der Waals surface area contributed by atoms with Gasteiger partial charge in [-0.3, -0.25) is 5.41 Å². The average molecular weight is 177 g/mol. The Hall–Kier alpha value is -1.42. The van der Waals surface area contributed by atoms with Crippen molar-refractivity contribution in [3.05, 3.63) is 29.3 Å². The number of aromatic nitrogens is 1. The summed E-state index contributed by atoms with van der Waals surface area (Å²) in [4.78, 5) is 5.14. The molecule has 0 bridgehead atoms. The molecule has 0 aliphatic heterocycles. The van der Waals surface area contributed by atoms with Crippen molar-refractivity contribution >= 4 is 27.4 Å². The first kappa shape index (κ1) is 7.24. The molecule has 2 aromatic heterocycles. The zero-order valence-electron chi connectivity index (χ0n) is 6.24. The minimum absolute atomic E-state index is 0.0188. The van der Waals surface area contributed by atoms with Crippen molar-refractivity contribution < 1.29 is 0 Å². The van der Waals surface area contributed by atoms with E-state index in [0.717, 1.165) is 10.2 Å². The fraction of sp³-hybridized carbons (Fsp3) is 0. The number of hydrogen-bond donors (Lipinski definition) is 2. The van der Waals surface area contributed by atoms with Gasteiger partial charge in [-0.25, -0.2) is 4.98 Å². The molecular formula is C8H7N3S. The largest absolute Gasteiger partial charge is 0.382 e. The van der Waals surface area contributed by atoms with Crippen LogP contribution in [0.4, 0.5) is 0 Å². The highest BCUT2D eigenvalue weighted by Gasteiger charge is 2.00. The fourth-order valence-electron chi connectivity index (χ4n) is 0.994. The van der Waals surface area contributed by atoms with E-state index in [1.807, 2.05) is 17.5 Å². The van der Waals surface area contributed by atoms with Gasteiger partial charge < -0.3 is 5.73 Å². The third-order valence-electron chi connectivity index (χ3n) is 1.59. The van der Waals surface area contributed by atoms with Gasteiger partial charge in [0, 0.05) is 5.39 Å². The van der Waals surface area contributed by atoms with Gasteiger partial charge in [0.15, 0.2) is 0 Å². The zero-order chi connectivity index (χ0) is 8.55. The number of fused-ring (bicyclic) bond motifs is 1. The lowest BCUT2D eigenvalue weighted by Crippen LogP contribution is -2.12. The molecule has 0 saturated carbocycles. The van der Waals surface area contributed by atoms with Crippen LogP contribution in [0.5, 0.6) is 0 Å². The molecule has 60 valence electrons. The number of pyridine rings is 1. The number of hydrogen-bond acceptors (Lipinski definition) is 3. The number of amidine groups is 1. The third kappa shape index (κ3) is 1.06. The third-order valence-corrected chi connectivity index (χ3v) is 2.42. The molecule has 0 fully saturated rings. The summed E-state index contributed by atoms with van der Waals surface area (Å²) in [7, 11) is 0. The van der Waals surface area contributed by atoms with Crippen LogP contribution in [0.15, 0.2) is 23.6 Å². The van der Waals surface area contributed by atoms with Crippen molar-refractivity contribution in [3.63, 3.8) is 0 Å². The Morgan fingerprint density at radius 3 is 3.00 bits per heavy atom. The van der Waals surface area contributed by atoms with E-state index >= 15 is 0 Å². The highest BCUT2D eigenvalue weighted by atomic mass is 32.1. The van der Waals surface area contributed by atoms with Crippen molar-refractivity contribution in [2.75, 3.05) is 0 Å². The lowest BCUT2D eigenvalue weighted by Gasteiger charge is -1.95. The van der Waals surface area contributed by atoms with Crippen LogP contribution in [-0.4, -0.2) is 10.8 Å². The van der Waals surface area contributed by atoms with Gasteiger partial charge in [0.1, 0.15) is 16.4 Å². The molecule has 2 heterocycles. The molecule has 0 spiro atoms. The SMILES string of the molecule is N=C(N)c1ccc2ccsc2n1. The molecule has 0 radical (unpaired) electrons. The van der Waals surface area contributed by atoms with E-state index in [-0.39, 0.29) is 5.84 Å². The molecule has 0 amide bonds. The summed E-state index contributed by atoms with van der Waals surface area (Å²) in [6, 6.07) is 5.68. The molecule has 4 heteroatoms. The first-order chi connectivity index (χ1) is 5.77. The maximum Gasteiger partial charge on any atom is 0.141 e. The van der Waals surface area contributed by atoms with Gasteiger partial charge in [-0.2, -0.15) is 0 Å². The molecule has 0 unspecified atom stereocenters. The summed E-state index contributed by atoms with van der Waals surface area (Å²) in [5.41, 5.74) is 5.85. The van der Waals surface area contributed by atoms with Crippen molar-refractivity contribution in [1.29, 1.82) is 5.41 Å². The standard InChI is InChI=1S/C8H7N3S/c9-7(10)6-2-1-5-3-4-12-8(5)11-6/h1-4H,(H3,9,10). The van der Waals surface area contributed by atoms with Crippen LogP contribution in [0.2, 0.25) is 0 Å². The predicted molar refractivity (Wildman–Crippen MR) is 50.6 cm³/mol. The minimum atomic E-state index is 0.0188. The van der Waals surface area contributed by atoms with E-state index in [2.05, 4.69) is 4.98 Å². The first-order valence-electron chi connectivity index (χ1n) is 3.46. The van der Waals surface area contributed by atoms with Crippen LogP contribution in [0.25, 0.3) is 10.2 Å². The normalized spacial score (nSPS) is 10.3. The second kappa shape index (κ2) is 2.57. The number of nitrogens with two attached hydrogens (primary N) is 1. The maximum absolute atomic E-state index is 7.18. The summed E-state index contributed by atoms with van der Waals surface area (Å²) in [5, 5.41) is 10.3. The number of nitrogen functional groups attached to an aromatic ring is 1. The summed E-state index contributed by atoms with van der Waals surface area (Å²) < 4.78 is 0. The van der Waals surface area contributed by atoms with Crippen LogP contribution in [0.3, 0.4) is 0 Å². The Bertz CT molecular complexity index is 433. The summed E-state index contributed by atoms with van der Waals surface area (Å²) in [6.07, 6.45) is 0. The van der Waals surface area contributed by atoms with E-state index in [1.54, 1.807) is 17.4 Å². The first-order valence-corrected chi connectivity index (χ1v) is 4.34. The second-order valence-electron chi connectivity index (χ2n) is 2.43. The van der Waals surface area contributed by atoms with Crippen molar-refractivity contribution in [2.45, 2.75) is 0 Å². The molecule has 2 aromatic rings. The Morgan fingerprint density at radius 2 is 2.25 bits per heavy atom. The second-order valence-corrected chi connectivity index (χ2v) is 3.32. The van der Waals surface area contributed by atoms with Crippen LogP contribution in [0, 0.1) is 5.41 Å². The molecule has 3 N–H and O–H groups in total. The summed E-state index contributed by atoms with van der Waals surface area (Å²) in [5.74, 6) is 0.0188. The highest BCUT2D eigenvalue weighted by molar-refractivity contribution is 7.16. The number of nitrogens with one attached hydrogen (secondary N) is 1. The molecule has 3 nitrogen and oxygen atoms in total. The monoisotopic (exact) mass is 177 g/mol. The van der Waals surface area contributed by atoms with Crippen LogP contribution in [0.1, 0.15) is 5.69 Å². The van der Waals surface area contributed by atoms with Gasteiger partial charge in [0.05, 0.1) is 0 Å². The smallest absolute Gasteiger partial charge is 0.141 e. The number of rotatable bonds is 1. The topological polar surface area (TPSA) is 62.8 Å². The lowest BCUT2D eigenvalue weighted by molar-refractivity contribution is 1.32. The molecule has 2 rings (SSSR count). The van der Waals surface area contributed by atoms with Gasteiger partial charge in [-0.15, -0.1) is 11.3 Å². The van der Waals surface area contributed by atoms with E-state index in [9.17, 15) is 0 Å². The fourth-order valence-corrected chi connectivity index (χ4v) is 1.76. The highest BCUT2D eigenvalue weighted by Crippen LogP contribution is 2.18. The van der Waals surface area contributed by atoms with Crippen molar-refractivity contribution in [2.24, 2.45) is 5.73 Å². The lowest BCUT2D eigenvalue weighted by atomic mass is 10.3. The Kier molecular flexibility index (Phi) is 1.55. The van der Waals surface area contributed by atoms with E-state index < -0.39 is 0 Å². The van der Waals surface area contributed by atoms with E-state index in [1.165, 1.54) is 0 Å². The molecule has 0 aliphatic carbocycles. The van der Waals surface area contributed by atoms with Crippen LogP contribution in [-0.2, 0) is 0 Å². The van der Waals surface area contributed by atoms with Gasteiger partial charge in [-0.05, 0) is 23.6 Å². The van der Waals surface area contributed by atoms with E-state index in [4.69, 9.17) is 11.1 Å². The molecule has 0 aromatic carbocycles. The molecule has 0 atom stereocenters.